The summed E-state index contributed by atoms with van der Waals surface area (Å²) in [4.78, 5) is 21.1. The van der Waals surface area contributed by atoms with Crippen molar-refractivity contribution in [2.75, 3.05) is 26.2 Å². The molecule has 4 nitrogen and oxygen atoms in total. The standard InChI is InChI=1S/C23H20Cl3N3O/c24-18-5-1-16(2-6-18)22(17-3-7-19(25)8-4-17)28-11-13-29(14-12-28)23(30)20-9-10-27-15-21(20)26/h1-10,15,22H,11-14H2. The molecule has 0 saturated carbocycles. The Balaban J connectivity index is 1.55. The molecular formula is C23H20Cl3N3O. The fourth-order valence-electron chi connectivity index (χ4n) is 3.81. The van der Waals surface area contributed by atoms with Gasteiger partial charge in [-0.25, -0.2) is 0 Å². The Kier molecular flexibility index (Phi) is 6.59. The average molecular weight is 461 g/mol. The molecule has 30 heavy (non-hydrogen) atoms. The summed E-state index contributed by atoms with van der Waals surface area (Å²) in [6.07, 6.45) is 3.09. The van der Waals surface area contributed by atoms with Crippen molar-refractivity contribution in [3.05, 3.63) is 98.7 Å². The molecule has 0 N–H and O–H groups in total. The highest BCUT2D eigenvalue weighted by Crippen LogP contribution is 2.31. The van der Waals surface area contributed by atoms with Gasteiger partial charge in [-0.1, -0.05) is 59.1 Å². The minimum absolute atomic E-state index is 0.0568. The number of hydrogen-bond donors (Lipinski definition) is 0. The van der Waals surface area contributed by atoms with Crippen LogP contribution in [0, 0.1) is 0 Å². The zero-order chi connectivity index (χ0) is 21.1. The van der Waals surface area contributed by atoms with Crippen LogP contribution in [0.5, 0.6) is 0 Å². The van der Waals surface area contributed by atoms with Gasteiger partial charge in [0.25, 0.3) is 5.91 Å². The molecule has 0 unspecified atom stereocenters. The number of amides is 1. The molecule has 2 aromatic carbocycles. The molecule has 2 heterocycles. The van der Waals surface area contributed by atoms with Crippen molar-refractivity contribution in [2.24, 2.45) is 0 Å². The van der Waals surface area contributed by atoms with Crippen LogP contribution in [-0.2, 0) is 0 Å². The van der Waals surface area contributed by atoms with Crippen LogP contribution in [0.2, 0.25) is 15.1 Å². The van der Waals surface area contributed by atoms with Crippen molar-refractivity contribution >= 4 is 40.7 Å². The predicted octanol–water partition coefficient (Wildman–Crippen LogP) is 5.59. The van der Waals surface area contributed by atoms with Gasteiger partial charge in [-0.05, 0) is 41.5 Å². The number of carbonyl (C=O) groups excluding carboxylic acids is 1. The van der Waals surface area contributed by atoms with E-state index in [2.05, 4.69) is 34.1 Å². The van der Waals surface area contributed by atoms with Crippen molar-refractivity contribution in [1.29, 1.82) is 0 Å². The molecule has 1 aliphatic rings. The van der Waals surface area contributed by atoms with Crippen LogP contribution >= 0.6 is 34.8 Å². The second kappa shape index (κ2) is 9.36. The van der Waals surface area contributed by atoms with Crippen LogP contribution in [0.3, 0.4) is 0 Å². The minimum Gasteiger partial charge on any atom is -0.336 e. The third-order valence-electron chi connectivity index (χ3n) is 5.34. The van der Waals surface area contributed by atoms with Crippen LogP contribution < -0.4 is 0 Å². The quantitative estimate of drug-likeness (QED) is 0.509. The van der Waals surface area contributed by atoms with Crippen molar-refractivity contribution < 1.29 is 4.79 Å². The van der Waals surface area contributed by atoms with Gasteiger partial charge in [0.15, 0.2) is 0 Å². The summed E-state index contributed by atoms with van der Waals surface area (Å²) in [7, 11) is 0. The molecule has 1 saturated heterocycles. The molecule has 4 rings (SSSR count). The third kappa shape index (κ3) is 4.62. The fraction of sp³-hybridized carbons (Fsp3) is 0.217. The number of piperazine rings is 1. The van der Waals surface area contributed by atoms with Crippen molar-refractivity contribution in [3.8, 4) is 0 Å². The minimum atomic E-state index is -0.0587. The first-order chi connectivity index (χ1) is 14.5. The molecule has 7 heteroatoms. The average Bonchev–Trinajstić information content (AvgIpc) is 2.77. The predicted molar refractivity (Wildman–Crippen MR) is 121 cm³/mol. The largest absolute Gasteiger partial charge is 0.336 e. The summed E-state index contributed by atoms with van der Waals surface area (Å²) >= 11 is 18.4. The number of hydrogen-bond acceptors (Lipinski definition) is 3. The maximum atomic E-state index is 12.9. The van der Waals surface area contributed by atoms with E-state index in [1.165, 1.54) is 6.20 Å². The Hall–Kier alpha value is -2.11. The first kappa shape index (κ1) is 21.1. The molecule has 0 spiro atoms. The van der Waals surface area contributed by atoms with Crippen LogP contribution in [0.1, 0.15) is 27.5 Å². The van der Waals surface area contributed by atoms with Crippen LogP contribution in [0.4, 0.5) is 0 Å². The summed E-state index contributed by atoms with van der Waals surface area (Å²) in [5.41, 5.74) is 2.80. The molecule has 0 aliphatic carbocycles. The van der Waals surface area contributed by atoms with Gasteiger partial charge in [0.05, 0.1) is 16.6 Å². The smallest absolute Gasteiger partial charge is 0.255 e. The fourth-order valence-corrected chi connectivity index (χ4v) is 4.26. The Bertz CT molecular complexity index is 971. The van der Waals surface area contributed by atoms with Gasteiger partial charge >= 0.3 is 0 Å². The molecule has 0 radical (unpaired) electrons. The molecule has 154 valence electrons. The van der Waals surface area contributed by atoms with Crippen molar-refractivity contribution in [2.45, 2.75) is 6.04 Å². The number of aromatic nitrogens is 1. The summed E-state index contributed by atoms with van der Waals surface area (Å²) in [6.45, 7) is 2.72. The van der Waals surface area contributed by atoms with Crippen LogP contribution in [0.25, 0.3) is 0 Å². The van der Waals surface area contributed by atoms with Crippen molar-refractivity contribution in [1.82, 2.24) is 14.8 Å². The molecular weight excluding hydrogens is 441 g/mol. The normalized spacial score (nSPS) is 14.9. The van der Waals surface area contributed by atoms with E-state index < -0.39 is 0 Å². The van der Waals surface area contributed by atoms with Gasteiger partial charge in [0, 0.05) is 48.6 Å². The Morgan fingerprint density at radius 2 is 1.33 bits per heavy atom. The molecule has 1 aliphatic heterocycles. The lowest BCUT2D eigenvalue weighted by Gasteiger charge is -2.40. The van der Waals surface area contributed by atoms with Gasteiger partial charge in [0.2, 0.25) is 0 Å². The molecule has 1 amide bonds. The summed E-state index contributed by atoms with van der Waals surface area (Å²) < 4.78 is 0. The zero-order valence-corrected chi connectivity index (χ0v) is 18.4. The van der Waals surface area contributed by atoms with Gasteiger partial charge in [-0.3, -0.25) is 14.7 Å². The number of nitrogens with zero attached hydrogens (tertiary/aromatic N) is 3. The highest BCUT2D eigenvalue weighted by molar-refractivity contribution is 6.33. The van der Waals surface area contributed by atoms with E-state index >= 15 is 0 Å². The Morgan fingerprint density at radius 3 is 1.83 bits per heavy atom. The Morgan fingerprint density at radius 1 is 0.800 bits per heavy atom. The lowest BCUT2D eigenvalue weighted by atomic mass is 9.96. The maximum absolute atomic E-state index is 12.9. The van der Waals surface area contributed by atoms with E-state index in [-0.39, 0.29) is 11.9 Å². The molecule has 1 fully saturated rings. The first-order valence-corrected chi connectivity index (χ1v) is 10.8. The van der Waals surface area contributed by atoms with E-state index in [0.717, 1.165) is 24.2 Å². The van der Waals surface area contributed by atoms with E-state index in [9.17, 15) is 4.79 Å². The third-order valence-corrected chi connectivity index (χ3v) is 6.15. The monoisotopic (exact) mass is 459 g/mol. The van der Waals surface area contributed by atoms with Gasteiger partial charge in [-0.2, -0.15) is 0 Å². The maximum Gasteiger partial charge on any atom is 0.255 e. The lowest BCUT2D eigenvalue weighted by Crippen LogP contribution is -2.49. The Labute approximate surface area is 191 Å². The zero-order valence-electron chi connectivity index (χ0n) is 16.1. The SMILES string of the molecule is O=C(c1ccncc1Cl)N1CCN(C(c2ccc(Cl)cc2)c2ccc(Cl)cc2)CC1. The van der Waals surface area contributed by atoms with E-state index in [4.69, 9.17) is 34.8 Å². The molecule has 3 aromatic rings. The summed E-state index contributed by atoms with van der Waals surface area (Å²) in [5, 5.41) is 1.79. The number of halogens is 3. The van der Waals surface area contributed by atoms with Gasteiger partial charge in [-0.15, -0.1) is 0 Å². The van der Waals surface area contributed by atoms with Crippen LogP contribution in [0.15, 0.2) is 67.0 Å². The lowest BCUT2D eigenvalue weighted by molar-refractivity contribution is 0.0597. The van der Waals surface area contributed by atoms with Crippen molar-refractivity contribution in [3.63, 3.8) is 0 Å². The van der Waals surface area contributed by atoms with E-state index in [0.29, 0.717) is 33.7 Å². The first-order valence-electron chi connectivity index (χ1n) is 9.66. The molecule has 1 aromatic heterocycles. The number of carbonyl (C=O) groups is 1. The molecule has 0 atom stereocenters. The number of pyridine rings is 1. The van der Waals surface area contributed by atoms with E-state index in [1.54, 1.807) is 12.3 Å². The van der Waals surface area contributed by atoms with Gasteiger partial charge < -0.3 is 4.90 Å². The second-order valence-corrected chi connectivity index (χ2v) is 8.47. The number of rotatable bonds is 4. The van der Waals surface area contributed by atoms with E-state index in [1.807, 2.05) is 29.2 Å². The highest BCUT2D eigenvalue weighted by atomic mass is 35.5. The summed E-state index contributed by atoms with van der Waals surface area (Å²) in [5.74, 6) is -0.0587. The molecule has 0 bridgehead atoms. The highest BCUT2D eigenvalue weighted by Gasteiger charge is 2.29. The second-order valence-electron chi connectivity index (χ2n) is 7.19. The van der Waals surface area contributed by atoms with Crippen LogP contribution in [-0.4, -0.2) is 46.9 Å². The summed E-state index contributed by atoms with van der Waals surface area (Å²) in [6, 6.07) is 17.6. The number of benzene rings is 2. The van der Waals surface area contributed by atoms with Gasteiger partial charge in [0.1, 0.15) is 0 Å². The topological polar surface area (TPSA) is 36.4 Å².